The smallest absolute Gasteiger partial charge is 0.326 e. The van der Waals surface area contributed by atoms with Gasteiger partial charge in [0.25, 0.3) is 11.5 Å². The second kappa shape index (κ2) is 7.31. The van der Waals surface area contributed by atoms with Gasteiger partial charge in [-0.25, -0.2) is 18.0 Å². The number of aromatic amines is 2. The fourth-order valence-electron chi connectivity index (χ4n) is 5.87. The Morgan fingerprint density at radius 3 is 2.58 bits per heavy atom. The van der Waals surface area contributed by atoms with Crippen LogP contribution in [0.1, 0.15) is 49.5 Å². The van der Waals surface area contributed by atoms with Crippen molar-refractivity contribution in [3.05, 3.63) is 37.9 Å². The van der Waals surface area contributed by atoms with Crippen molar-refractivity contribution in [1.82, 2.24) is 14.9 Å². The predicted molar refractivity (Wildman–Crippen MR) is 107 cm³/mol. The molecule has 10 heteroatoms. The third-order valence-corrected chi connectivity index (χ3v) is 7.52. The van der Waals surface area contributed by atoms with Crippen molar-refractivity contribution in [2.45, 2.75) is 56.2 Å². The van der Waals surface area contributed by atoms with Crippen molar-refractivity contribution in [2.24, 2.45) is 23.5 Å². The van der Waals surface area contributed by atoms with Crippen LogP contribution in [-0.2, 0) is 4.74 Å². The molecule has 5 unspecified atom stereocenters. The summed E-state index contributed by atoms with van der Waals surface area (Å²) >= 11 is 0. The first-order valence-corrected chi connectivity index (χ1v) is 10.9. The zero-order chi connectivity index (χ0) is 22.1. The molecule has 5 rings (SSSR count). The molecule has 0 spiro atoms. The molecule has 1 aromatic heterocycles. The molecule has 3 aliphatic carbocycles. The van der Waals surface area contributed by atoms with Gasteiger partial charge in [0.15, 0.2) is 0 Å². The number of nitrogens with zero attached hydrogens (tertiary/aromatic N) is 1. The van der Waals surface area contributed by atoms with E-state index in [1.807, 2.05) is 4.90 Å². The summed E-state index contributed by atoms with van der Waals surface area (Å²) in [5.74, 6) is -4.01. The summed E-state index contributed by atoms with van der Waals surface area (Å²) in [5, 5.41) is 0. The van der Waals surface area contributed by atoms with E-state index >= 15 is 4.39 Å². The van der Waals surface area contributed by atoms with Crippen LogP contribution in [0, 0.1) is 17.8 Å². The quantitative estimate of drug-likeness (QED) is 0.666. The van der Waals surface area contributed by atoms with Gasteiger partial charge in [-0.2, -0.15) is 0 Å². The summed E-state index contributed by atoms with van der Waals surface area (Å²) in [5.41, 5.74) is 5.37. The number of rotatable bonds is 3. The van der Waals surface area contributed by atoms with Crippen molar-refractivity contribution < 1.29 is 17.9 Å². The number of nitrogens with two attached hydrogens (primary N) is 1. The van der Waals surface area contributed by atoms with Crippen LogP contribution < -0.4 is 17.0 Å². The molecule has 4 N–H and O–H groups in total. The highest BCUT2D eigenvalue weighted by Gasteiger charge is 2.53. The third kappa shape index (κ3) is 3.30. The van der Waals surface area contributed by atoms with Gasteiger partial charge < -0.3 is 15.5 Å². The van der Waals surface area contributed by atoms with Gasteiger partial charge in [0.1, 0.15) is 11.9 Å². The van der Waals surface area contributed by atoms with Gasteiger partial charge in [-0.3, -0.25) is 14.7 Å². The molecule has 1 aliphatic heterocycles. The monoisotopic (exact) mass is 440 g/mol. The molecule has 1 aromatic rings. The Kier molecular flexibility index (Phi) is 4.95. The highest BCUT2D eigenvalue weighted by Crippen LogP contribution is 2.51. The van der Waals surface area contributed by atoms with Gasteiger partial charge in [0, 0.05) is 32.2 Å². The summed E-state index contributed by atoms with van der Waals surface area (Å²) in [6.45, 7) is 0.646. The van der Waals surface area contributed by atoms with Crippen LogP contribution in [0.15, 0.2) is 15.4 Å². The molecule has 2 heterocycles. The lowest BCUT2D eigenvalue weighted by Crippen LogP contribution is -2.49. The second-order valence-electron chi connectivity index (χ2n) is 9.39. The van der Waals surface area contributed by atoms with Crippen molar-refractivity contribution in [3.63, 3.8) is 0 Å². The minimum atomic E-state index is -2.94. The van der Waals surface area contributed by atoms with Gasteiger partial charge in [-0.05, 0) is 43.4 Å². The van der Waals surface area contributed by atoms with Crippen LogP contribution in [0.2, 0.25) is 0 Å². The van der Waals surface area contributed by atoms with Crippen molar-refractivity contribution in [3.8, 4) is 0 Å². The first kappa shape index (κ1) is 21.0. The molecule has 3 fully saturated rings. The number of ether oxygens (including phenoxy) is 1. The Hall–Kier alpha value is -1.91. The Balaban J connectivity index is 1.57. The van der Waals surface area contributed by atoms with Gasteiger partial charge in [0.05, 0.1) is 23.3 Å². The van der Waals surface area contributed by atoms with E-state index < -0.39 is 47.1 Å². The molecule has 31 heavy (non-hydrogen) atoms. The minimum Gasteiger partial charge on any atom is -0.373 e. The zero-order valence-electron chi connectivity index (χ0n) is 17.3. The molecule has 0 aromatic carbocycles. The highest BCUT2D eigenvalue weighted by molar-refractivity contribution is 5.75. The second-order valence-corrected chi connectivity index (χ2v) is 9.39. The van der Waals surface area contributed by atoms with E-state index in [-0.39, 0.29) is 36.1 Å². The zero-order valence-corrected chi connectivity index (χ0v) is 17.3. The van der Waals surface area contributed by atoms with E-state index in [0.717, 1.165) is 12.8 Å². The van der Waals surface area contributed by atoms with Crippen LogP contribution in [0.25, 0.3) is 5.57 Å². The number of fused-ring (bicyclic) bond motifs is 2. The summed E-state index contributed by atoms with van der Waals surface area (Å²) in [7, 11) is 1.39. The maximum atomic E-state index is 16.0. The number of hydrogen-bond acceptors (Lipinski definition) is 5. The van der Waals surface area contributed by atoms with Gasteiger partial charge in [0.2, 0.25) is 0 Å². The topological polar surface area (TPSA) is 104 Å². The van der Waals surface area contributed by atoms with E-state index in [4.69, 9.17) is 10.5 Å². The fraction of sp³-hybridized carbons (Fsp3) is 0.714. The number of allylic oxidation sites excluding steroid dienone is 1. The molecule has 0 bridgehead atoms. The van der Waals surface area contributed by atoms with Gasteiger partial charge in [-0.1, -0.05) is 0 Å². The number of hydrogen-bond donors (Lipinski definition) is 3. The fourth-order valence-corrected chi connectivity index (χ4v) is 5.87. The molecule has 0 radical (unpaired) electrons. The van der Waals surface area contributed by atoms with Crippen molar-refractivity contribution in [1.29, 1.82) is 0 Å². The molecule has 7 nitrogen and oxygen atoms in total. The standard InChI is InChI=1S/C21H27F3N4O3/c1-31-17-15-13(19(29)27-20(30)26-15)12(9-4-5-9)14(22)16(17)28-7-10-3-2-6-21(23,24)18(25)11(10)8-28/h9-11,16-18H,2-8,25H2,1H3,(H2,26,27,29,30). The highest BCUT2D eigenvalue weighted by atomic mass is 19.3. The maximum absolute atomic E-state index is 16.0. The lowest BCUT2D eigenvalue weighted by Gasteiger charge is -2.38. The van der Waals surface area contributed by atoms with E-state index in [1.54, 1.807) is 0 Å². The molecule has 2 saturated carbocycles. The summed E-state index contributed by atoms with van der Waals surface area (Å²) < 4.78 is 50.4. The molecule has 4 aliphatic rings. The molecule has 170 valence electrons. The van der Waals surface area contributed by atoms with Crippen molar-refractivity contribution in [2.75, 3.05) is 20.2 Å². The van der Waals surface area contributed by atoms with Crippen LogP contribution in [0.4, 0.5) is 13.2 Å². The summed E-state index contributed by atoms with van der Waals surface area (Å²) in [6, 6.07) is -2.17. The number of likely N-dealkylation sites (tertiary alicyclic amines) is 1. The number of nitrogens with one attached hydrogen (secondary N) is 2. The van der Waals surface area contributed by atoms with E-state index in [9.17, 15) is 18.4 Å². The van der Waals surface area contributed by atoms with Crippen LogP contribution >= 0.6 is 0 Å². The Labute approximate surface area is 176 Å². The van der Waals surface area contributed by atoms with Crippen LogP contribution in [0.3, 0.4) is 0 Å². The third-order valence-electron chi connectivity index (χ3n) is 7.52. The molecule has 5 atom stereocenters. The normalized spacial score (nSPS) is 35.6. The molecular weight excluding hydrogens is 413 g/mol. The number of methoxy groups -OCH3 is 1. The lowest BCUT2D eigenvalue weighted by molar-refractivity contribution is -0.0469. The summed E-state index contributed by atoms with van der Waals surface area (Å²) in [4.78, 5) is 31.2. The Morgan fingerprint density at radius 2 is 1.90 bits per heavy atom. The van der Waals surface area contributed by atoms with E-state index in [0.29, 0.717) is 25.0 Å². The average Bonchev–Trinajstić information content (AvgIpc) is 3.47. The molecular formula is C21H27F3N4O3. The SMILES string of the molecule is COC1c2[nH]c(=O)[nH]c(=O)c2C(C2CC2)=C(F)C1N1CC2CCCC(F)(F)C(N)C2C1. The lowest BCUT2D eigenvalue weighted by atomic mass is 9.85. The number of H-pyrrole nitrogens is 2. The predicted octanol–water partition coefficient (Wildman–Crippen LogP) is 1.92. The first-order valence-electron chi connectivity index (χ1n) is 10.9. The van der Waals surface area contributed by atoms with E-state index in [1.165, 1.54) is 7.11 Å². The van der Waals surface area contributed by atoms with Crippen molar-refractivity contribution >= 4 is 5.57 Å². The maximum Gasteiger partial charge on any atom is 0.326 e. The first-order chi connectivity index (χ1) is 14.7. The largest absolute Gasteiger partial charge is 0.373 e. The van der Waals surface area contributed by atoms with Gasteiger partial charge in [-0.15, -0.1) is 0 Å². The number of aromatic nitrogens is 2. The number of alkyl halides is 2. The average molecular weight is 440 g/mol. The van der Waals surface area contributed by atoms with E-state index in [2.05, 4.69) is 9.97 Å². The number of halogens is 3. The van der Waals surface area contributed by atoms with Crippen LogP contribution in [-0.4, -0.2) is 53.1 Å². The van der Waals surface area contributed by atoms with Crippen LogP contribution in [0.5, 0.6) is 0 Å². The molecule has 1 saturated heterocycles. The Morgan fingerprint density at radius 1 is 1.16 bits per heavy atom. The Bertz CT molecular complexity index is 1030. The molecule has 0 amide bonds. The summed E-state index contributed by atoms with van der Waals surface area (Å²) in [6.07, 6.45) is 1.36. The minimum absolute atomic E-state index is 0.0577. The van der Waals surface area contributed by atoms with Gasteiger partial charge >= 0.3 is 5.69 Å².